The third-order valence-electron chi connectivity index (χ3n) is 3.93. The molecule has 0 radical (unpaired) electrons. The molecule has 1 aliphatic rings. The molecule has 3 N–H and O–H groups in total. The van der Waals surface area contributed by atoms with Crippen molar-refractivity contribution in [2.24, 2.45) is 9.98 Å². The van der Waals surface area contributed by atoms with Crippen LogP contribution in [0.25, 0.3) is 0 Å². The number of non-ortho nitro benzene ring substituents is 1. The van der Waals surface area contributed by atoms with Crippen LogP contribution in [0.5, 0.6) is 0 Å². The number of benzene rings is 1. The van der Waals surface area contributed by atoms with Gasteiger partial charge < -0.3 is 16.0 Å². The fourth-order valence-corrected chi connectivity index (χ4v) is 2.63. The molecule has 1 aromatic carbocycles. The van der Waals surface area contributed by atoms with E-state index in [2.05, 4.69) is 25.9 Å². The molecule has 1 fully saturated rings. The number of hydrogen-bond donors (Lipinski definition) is 3. The van der Waals surface area contributed by atoms with Crippen LogP contribution in [0.3, 0.4) is 0 Å². The van der Waals surface area contributed by atoms with Gasteiger partial charge in [0.2, 0.25) is 5.96 Å². The highest BCUT2D eigenvalue weighted by atomic mass is 16.6. The van der Waals surface area contributed by atoms with Gasteiger partial charge >= 0.3 is 0 Å². The second kappa shape index (κ2) is 8.85. The van der Waals surface area contributed by atoms with Gasteiger partial charge in [0.05, 0.1) is 10.6 Å². The van der Waals surface area contributed by atoms with Crippen LogP contribution in [0.4, 0.5) is 11.4 Å². The smallest absolute Gasteiger partial charge is 0.269 e. The zero-order valence-electron chi connectivity index (χ0n) is 14.1. The summed E-state index contributed by atoms with van der Waals surface area (Å²) in [7, 11) is 3.55. The molecular formula is C16H24N6O2. The lowest BCUT2D eigenvalue weighted by Gasteiger charge is -2.23. The molecule has 130 valence electrons. The molecule has 2 rings (SSSR count). The molecule has 8 heteroatoms. The Labute approximate surface area is 141 Å². The molecule has 0 aliphatic heterocycles. The van der Waals surface area contributed by atoms with Crippen LogP contribution in [0, 0.1) is 10.1 Å². The molecule has 24 heavy (non-hydrogen) atoms. The summed E-state index contributed by atoms with van der Waals surface area (Å²) in [4.78, 5) is 19.3. The molecule has 0 unspecified atom stereocenters. The summed E-state index contributed by atoms with van der Waals surface area (Å²) < 4.78 is 0. The van der Waals surface area contributed by atoms with Crippen molar-refractivity contribution in [3.63, 3.8) is 0 Å². The van der Waals surface area contributed by atoms with E-state index in [1.807, 2.05) is 0 Å². The lowest BCUT2D eigenvalue weighted by atomic mass is 9.96. The van der Waals surface area contributed by atoms with Crippen LogP contribution in [-0.4, -0.2) is 37.0 Å². The van der Waals surface area contributed by atoms with Gasteiger partial charge in [-0.25, -0.2) is 4.99 Å². The van der Waals surface area contributed by atoms with Gasteiger partial charge in [-0.1, -0.05) is 19.3 Å². The van der Waals surface area contributed by atoms with E-state index in [4.69, 9.17) is 0 Å². The third-order valence-corrected chi connectivity index (χ3v) is 3.93. The fraction of sp³-hybridized carbons (Fsp3) is 0.500. The van der Waals surface area contributed by atoms with Crippen LogP contribution in [0.2, 0.25) is 0 Å². The molecule has 0 atom stereocenters. The molecule has 0 saturated heterocycles. The Morgan fingerprint density at radius 3 is 2.29 bits per heavy atom. The summed E-state index contributed by atoms with van der Waals surface area (Å²) in [5.74, 6) is 1.09. The second-order valence-corrected chi connectivity index (χ2v) is 5.65. The average molecular weight is 332 g/mol. The highest BCUT2D eigenvalue weighted by Crippen LogP contribution is 2.20. The number of hydrogen-bond acceptors (Lipinski definition) is 3. The maximum Gasteiger partial charge on any atom is 0.269 e. The van der Waals surface area contributed by atoms with Crippen LogP contribution in [-0.2, 0) is 0 Å². The number of nitro groups is 1. The van der Waals surface area contributed by atoms with E-state index in [0.29, 0.717) is 23.6 Å². The number of aliphatic imine (C=N–C) groups is 2. The van der Waals surface area contributed by atoms with Gasteiger partial charge in [0.25, 0.3) is 5.69 Å². The highest BCUT2D eigenvalue weighted by molar-refractivity contribution is 5.95. The normalized spacial score (nSPS) is 15.5. The number of nitrogens with one attached hydrogen (secondary N) is 3. The molecule has 0 amide bonds. The van der Waals surface area contributed by atoms with Crippen LogP contribution >= 0.6 is 0 Å². The molecule has 1 aliphatic carbocycles. The van der Waals surface area contributed by atoms with E-state index in [0.717, 1.165) is 12.8 Å². The number of nitro benzene ring substituents is 1. The molecule has 0 heterocycles. The fourth-order valence-electron chi connectivity index (χ4n) is 2.63. The summed E-state index contributed by atoms with van der Waals surface area (Å²) in [6.45, 7) is 0. The number of guanidine groups is 2. The van der Waals surface area contributed by atoms with Crippen molar-refractivity contribution in [3.8, 4) is 0 Å². The Balaban J connectivity index is 2.22. The molecule has 1 saturated carbocycles. The summed E-state index contributed by atoms with van der Waals surface area (Å²) in [6, 6.07) is 6.48. The van der Waals surface area contributed by atoms with Crippen molar-refractivity contribution < 1.29 is 4.92 Å². The van der Waals surface area contributed by atoms with Crippen molar-refractivity contribution in [2.75, 3.05) is 14.1 Å². The standard InChI is InChI=1S/C16H24N6O2/c1-17-15(18-2)21-16(19-12-6-4-3-5-7-12)20-13-8-10-14(11-9-13)22(23)24/h8-12H,3-7H2,1-2H3,(H3,17,18,19,20,21). The lowest BCUT2D eigenvalue weighted by Crippen LogP contribution is -2.39. The molecule has 0 bridgehead atoms. The first kappa shape index (κ1) is 17.7. The minimum atomic E-state index is -0.424. The van der Waals surface area contributed by atoms with E-state index in [-0.39, 0.29) is 5.69 Å². The van der Waals surface area contributed by atoms with Gasteiger partial charge in [-0.3, -0.25) is 10.1 Å². The molecule has 0 aromatic heterocycles. The van der Waals surface area contributed by atoms with E-state index in [1.165, 1.54) is 31.4 Å². The zero-order valence-corrected chi connectivity index (χ0v) is 14.1. The molecule has 1 aromatic rings. The Kier molecular flexibility index (Phi) is 6.53. The largest absolute Gasteiger partial charge is 0.359 e. The molecular weight excluding hydrogens is 308 g/mol. The Bertz CT molecular complexity index is 599. The van der Waals surface area contributed by atoms with Crippen molar-refractivity contribution in [2.45, 2.75) is 38.1 Å². The van der Waals surface area contributed by atoms with E-state index < -0.39 is 4.92 Å². The SMILES string of the molecule is CNC(=N/C(=N/c1ccc([N+](=O)[O-])cc1)NC1CCCCC1)NC. The first-order valence-corrected chi connectivity index (χ1v) is 8.16. The Morgan fingerprint density at radius 1 is 1.12 bits per heavy atom. The van der Waals surface area contributed by atoms with Crippen LogP contribution < -0.4 is 16.0 Å². The number of rotatable bonds is 3. The van der Waals surface area contributed by atoms with E-state index in [9.17, 15) is 10.1 Å². The van der Waals surface area contributed by atoms with Gasteiger partial charge in [-0.05, 0) is 25.0 Å². The van der Waals surface area contributed by atoms with Gasteiger partial charge in [-0.15, -0.1) is 0 Å². The zero-order chi connectivity index (χ0) is 17.4. The quantitative estimate of drug-likeness (QED) is 0.341. The van der Waals surface area contributed by atoms with Crippen molar-refractivity contribution in [1.29, 1.82) is 0 Å². The molecule has 0 spiro atoms. The Hall–Kier alpha value is -2.64. The summed E-state index contributed by atoms with van der Waals surface area (Å²) in [5, 5.41) is 20.0. The minimum Gasteiger partial charge on any atom is -0.359 e. The highest BCUT2D eigenvalue weighted by Gasteiger charge is 2.15. The van der Waals surface area contributed by atoms with Gasteiger partial charge in [0.15, 0.2) is 5.96 Å². The predicted molar refractivity (Wildman–Crippen MR) is 95.8 cm³/mol. The molecule has 8 nitrogen and oxygen atoms in total. The van der Waals surface area contributed by atoms with E-state index >= 15 is 0 Å². The summed E-state index contributed by atoms with van der Waals surface area (Å²) in [5.41, 5.74) is 0.666. The van der Waals surface area contributed by atoms with Crippen LogP contribution in [0.1, 0.15) is 32.1 Å². The summed E-state index contributed by atoms with van der Waals surface area (Å²) >= 11 is 0. The van der Waals surface area contributed by atoms with E-state index in [1.54, 1.807) is 26.2 Å². The van der Waals surface area contributed by atoms with Gasteiger partial charge in [-0.2, -0.15) is 4.99 Å². The average Bonchev–Trinajstić information content (AvgIpc) is 2.60. The lowest BCUT2D eigenvalue weighted by molar-refractivity contribution is -0.384. The topological polar surface area (TPSA) is 104 Å². The minimum absolute atomic E-state index is 0.0466. The first-order valence-electron chi connectivity index (χ1n) is 8.16. The van der Waals surface area contributed by atoms with Crippen LogP contribution in [0.15, 0.2) is 34.3 Å². The number of nitrogens with zero attached hydrogens (tertiary/aromatic N) is 3. The first-order chi connectivity index (χ1) is 11.6. The van der Waals surface area contributed by atoms with Crippen molar-refractivity contribution in [3.05, 3.63) is 34.4 Å². The Morgan fingerprint density at radius 2 is 1.75 bits per heavy atom. The maximum absolute atomic E-state index is 10.7. The predicted octanol–water partition coefficient (Wildman–Crippen LogP) is 2.30. The maximum atomic E-state index is 10.7. The van der Waals surface area contributed by atoms with Crippen molar-refractivity contribution in [1.82, 2.24) is 16.0 Å². The second-order valence-electron chi connectivity index (χ2n) is 5.65. The summed E-state index contributed by atoms with van der Waals surface area (Å²) in [6.07, 6.45) is 5.88. The van der Waals surface area contributed by atoms with Crippen molar-refractivity contribution >= 4 is 23.3 Å². The van der Waals surface area contributed by atoms with Gasteiger partial charge in [0, 0.05) is 32.3 Å². The monoisotopic (exact) mass is 332 g/mol. The van der Waals surface area contributed by atoms with Gasteiger partial charge in [0.1, 0.15) is 0 Å². The third kappa shape index (κ3) is 5.22.